The fourth-order valence-electron chi connectivity index (χ4n) is 5.96. The summed E-state index contributed by atoms with van der Waals surface area (Å²) >= 11 is 0. The number of hydrogen-bond donors (Lipinski definition) is 0. The maximum atomic E-state index is 4.90. The Balaban J connectivity index is 1.42. The van der Waals surface area contributed by atoms with Gasteiger partial charge in [-0.2, -0.15) is 0 Å². The Morgan fingerprint density at radius 3 is 2.00 bits per heavy atom. The summed E-state index contributed by atoms with van der Waals surface area (Å²) in [4.78, 5) is 4.90. The summed E-state index contributed by atoms with van der Waals surface area (Å²) in [6, 6.07) is 45.7. The first-order valence-corrected chi connectivity index (χ1v) is 12.6. The first-order chi connectivity index (χ1) is 18.4. The summed E-state index contributed by atoms with van der Waals surface area (Å²) in [5.41, 5.74) is 5.70. The molecule has 2 aromatic heterocycles. The number of pyridine rings is 1. The summed E-state index contributed by atoms with van der Waals surface area (Å²) < 4.78 is 2.36. The van der Waals surface area contributed by atoms with E-state index in [0.717, 1.165) is 16.9 Å². The first kappa shape index (κ1) is 20.3. The van der Waals surface area contributed by atoms with Crippen LogP contribution in [0.4, 0.5) is 0 Å². The SMILES string of the molecule is c1ccc(-n2c3ccccc3c3ccc(-c4nccc5c4ccc4c6ccccc6ccc54)cc32)cc1. The highest BCUT2D eigenvalue weighted by Crippen LogP contribution is 2.38. The van der Waals surface area contributed by atoms with Crippen LogP contribution in [0.5, 0.6) is 0 Å². The van der Waals surface area contributed by atoms with Crippen molar-refractivity contribution in [2.45, 2.75) is 0 Å². The van der Waals surface area contributed by atoms with Crippen LogP contribution < -0.4 is 0 Å². The second kappa shape index (κ2) is 7.78. The Morgan fingerprint density at radius 1 is 0.432 bits per heavy atom. The lowest BCUT2D eigenvalue weighted by Gasteiger charge is -2.12. The molecule has 6 aromatic carbocycles. The van der Waals surface area contributed by atoms with Crippen LogP contribution in [0.3, 0.4) is 0 Å². The third-order valence-corrected chi connectivity index (χ3v) is 7.63. The number of nitrogens with zero attached hydrogens (tertiary/aromatic N) is 2. The summed E-state index contributed by atoms with van der Waals surface area (Å²) in [6.07, 6.45) is 1.95. The molecule has 0 saturated heterocycles. The van der Waals surface area contributed by atoms with Crippen molar-refractivity contribution < 1.29 is 0 Å². The lowest BCUT2D eigenvalue weighted by atomic mass is 9.95. The van der Waals surface area contributed by atoms with Crippen LogP contribution in [0.25, 0.3) is 71.1 Å². The molecule has 8 rings (SSSR count). The second-order valence-electron chi connectivity index (χ2n) is 9.62. The molecule has 0 aliphatic carbocycles. The van der Waals surface area contributed by atoms with E-state index < -0.39 is 0 Å². The number of fused-ring (bicyclic) bond motifs is 8. The molecule has 0 aliphatic rings. The summed E-state index contributed by atoms with van der Waals surface area (Å²) in [5.74, 6) is 0. The van der Waals surface area contributed by atoms with E-state index in [1.54, 1.807) is 0 Å². The van der Waals surface area contributed by atoms with Gasteiger partial charge in [-0.15, -0.1) is 0 Å². The van der Waals surface area contributed by atoms with Crippen LogP contribution in [0.2, 0.25) is 0 Å². The number of para-hydroxylation sites is 2. The molecule has 2 nitrogen and oxygen atoms in total. The molecule has 0 amide bonds. The predicted octanol–water partition coefficient (Wildman–Crippen LogP) is 9.31. The molecule has 0 spiro atoms. The number of hydrogen-bond acceptors (Lipinski definition) is 1. The zero-order chi connectivity index (χ0) is 24.3. The van der Waals surface area contributed by atoms with E-state index in [0.29, 0.717) is 0 Å². The Kier molecular flexibility index (Phi) is 4.26. The van der Waals surface area contributed by atoms with Gasteiger partial charge in [-0.25, -0.2) is 0 Å². The summed E-state index contributed by atoms with van der Waals surface area (Å²) in [7, 11) is 0. The van der Waals surface area contributed by atoms with Gasteiger partial charge in [0.05, 0.1) is 16.7 Å². The van der Waals surface area contributed by atoms with Gasteiger partial charge in [0.2, 0.25) is 0 Å². The van der Waals surface area contributed by atoms with Crippen molar-refractivity contribution in [3.05, 3.63) is 134 Å². The highest BCUT2D eigenvalue weighted by molar-refractivity contribution is 6.19. The van der Waals surface area contributed by atoms with E-state index in [9.17, 15) is 0 Å². The lowest BCUT2D eigenvalue weighted by molar-refractivity contribution is 1.18. The molecule has 0 saturated carbocycles. The van der Waals surface area contributed by atoms with Crippen LogP contribution in [-0.2, 0) is 0 Å². The minimum Gasteiger partial charge on any atom is -0.309 e. The van der Waals surface area contributed by atoms with E-state index in [1.165, 1.54) is 54.1 Å². The number of aromatic nitrogens is 2. The average molecular weight is 471 g/mol. The molecule has 0 atom stereocenters. The van der Waals surface area contributed by atoms with Crippen molar-refractivity contribution in [1.82, 2.24) is 9.55 Å². The Hall–Kier alpha value is -4.95. The maximum absolute atomic E-state index is 4.90. The molecule has 2 heteroatoms. The third kappa shape index (κ3) is 2.96. The molecule has 0 aliphatic heterocycles. The minimum absolute atomic E-state index is 1.01. The minimum atomic E-state index is 1.01. The Morgan fingerprint density at radius 2 is 1.08 bits per heavy atom. The van der Waals surface area contributed by atoms with Crippen molar-refractivity contribution in [3.63, 3.8) is 0 Å². The molecule has 0 bridgehead atoms. The van der Waals surface area contributed by atoms with Crippen LogP contribution in [0.1, 0.15) is 0 Å². The van der Waals surface area contributed by atoms with Crippen LogP contribution in [0.15, 0.2) is 134 Å². The molecule has 0 radical (unpaired) electrons. The van der Waals surface area contributed by atoms with E-state index in [-0.39, 0.29) is 0 Å². The molecule has 0 unspecified atom stereocenters. The van der Waals surface area contributed by atoms with Crippen LogP contribution in [-0.4, -0.2) is 9.55 Å². The summed E-state index contributed by atoms with van der Waals surface area (Å²) in [6.45, 7) is 0. The van der Waals surface area contributed by atoms with E-state index >= 15 is 0 Å². The van der Waals surface area contributed by atoms with Gasteiger partial charge in [0.25, 0.3) is 0 Å². The van der Waals surface area contributed by atoms with Crippen molar-refractivity contribution in [1.29, 1.82) is 0 Å². The molecule has 172 valence electrons. The van der Waals surface area contributed by atoms with Crippen molar-refractivity contribution in [2.24, 2.45) is 0 Å². The topological polar surface area (TPSA) is 17.8 Å². The zero-order valence-corrected chi connectivity index (χ0v) is 20.1. The van der Waals surface area contributed by atoms with Gasteiger partial charge < -0.3 is 4.57 Å². The van der Waals surface area contributed by atoms with E-state index in [2.05, 4.69) is 132 Å². The number of benzene rings is 6. The Labute approximate surface area is 214 Å². The second-order valence-corrected chi connectivity index (χ2v) is 9.62. The molecule has 2 heterocycles. The van der Waals surface area contributed by atoms with Crippen LogP contribution >= 0.6 is 0 Å². The lowest BCUT2D eigenvalue weighted by Crippen LogP contribution is -1.94. The van der Waals surface area contributed by atoms with Crippen molar-refractivity contribution >= 4 is 54.1 Å². The normalized spacial score (nSPS) is 11.8. The Bertz CT molecular complexity index is 2140. The zero-order valence-electron chi connectivity index (χ0n) is 20.1. The van der Waals surface area contributed by atoms with Crippen LogP contribution in [0, 0.1) is 0 Å². The highest BCUT2D eigenvalue weighted by Gasteiger charge is 2.15. The van der Waals surface area contributed by atoms with Gasteiger partial charge in [-0.3, -0.25) is 4.98 Å². The average Bonchev–Trinajstić information content (AvgIpc) is 3.30. The number of rotatable bonds is 2. The van der Waals surface area contributed by atoms with Gasteiger partial charge in [0, 0.05) is 33.6 Å². The van der Waals surface area contributed by atoms with Gasteiger partial charge in [-0.05, 0) is 57.3 Å². The fraction of sp³-hybridized carbons (Fsp3) is 0. The smallest absolute Gasteiger partial charge is 0.0781 e. The molecule has 37 heavy (non-hydrogen) atoms. The van der Waals surface area contributed by atoms with E-state index in [4.69, 9.17) is 4.98 Å². The first-order valence-electron chi connectivity index (χ1n) is 12.6. The standard InChI is InChI=1S/C35H22N2/c1-2-9-25(10-3-1)37-33-13-7-6-12-30(33)31-17-15-24(22-34(31)37)35-32-19-18-27-26-11-5-4-8-23(26)14-16-28(27)29(32)20-21-36-35/h1-22H. The maximum Gasteiger partial charge on any atom is 0.0781 e. The third-order valence-electron chi connectivity index (χ3n) is 7.63. The van der Waals surface area contributed by atoms with Crippen molar-refractivity contribution in [3.8, 4) is 16.9 Å². The monoisotopic (exact) mass is 470 g/mol. The van der Waals surface area contributed by atoms with Gasteiger partial charge in [-0.1, -0.05) is 97.1 Å². The predicted molar refractivity (Wildman–Crippen MR) is 157 cm³/mol. The molecular weight excluding hydrogens is 448 g/mol. The largest absolute Gasteiger partial charge is 0.309 e. The van der Waals surface area contributed by atoms with Gasteiger partial charge >= 0.3 is 0 Å². The molecule has 8 aromatic rings. The molecule has 0 fully saturated rings. The molecule has 0 N–H and O–H groups in total. The highest BCUT2D eigenvalue weighted by atomic mass is 15.0. The molecular formula is C35H22N2. The fourth-order valence-corrected chi connectivity index (χ4v) is 5.96. The van der Waals surface area contributed by atoms with Gasteiger partial charge in [0.1, 0.15) is 0 Å². The van der Waals surface area contributed by atoms with Crippen molar-refractivity contribution in [2.75, 3.05) is 0 Å². The summed E-state index contributed by atoms with van der Waals surface area (Å²) in [5, 5.41) is 10.0. The van der Waals surface area contributed by atoms with Gasteiger partial charge in [0.15, 0.2) is 0 Å². The quantitative estimate of drug-likeness (QED) is 0.230. The van der Waals surface area contributed by atoms with E-state index in [1.807, 2.05) is 6.20 Å².